The largest absolute Gasteiger partial charge is 0.337 e. The van der Waals surface area contributed by atoms with Gasteiger partial charge in [0.25, 0.3) is 5.91 Å². The van der Waals surface area contributed by atoms with Gasteiger partial charge in [0.15, 0.2) is 0 Å². The average Bonchev–Trinajstić information content (AvgIpc) is 3.27. The lowest BCUT2D eigenvalue weighted by atomic mass is 9.96. The lowest BCUT2D eigenvalue weighted by Gasteiger charge is -2.31. The van der Waals surface area contributed by atoms with Crippen LogP contribution in [0.5, 0.6) is 0 Å². The lowest BCUT2D eigenvalue weighted by Crippen LogP contribution is -2.43. The summed E-state index contributed by atoms with van der Waals surface area (Å²) in [5.41, 5.74) is 4.85. The highest BCUT2D eigenvalue weighted by Crippen LogP contribution is 2.22. The number of carbonyl (C=O) groups is 2. The minimum Gasteiger partial charge on any atom is -0.337 e. The standard InChI is InChI=1S/C23H25N5O2/c1-15-8-9-18(12-16(15)2)25-22(29)17-6-5-11-28(14-17)23(30)21-13-20(26-27-21)19-7-3-4-10-24-19/h3-4,7-10,12-13,17H,5-6,11,14H2,1-2H3,(H,25,29)(H,26,27)/t17-/m1/s1. The van der Waals surface area contributed by atoms with Crippen LogP contribution in [-0.4, -0.2) is 45.0 Å². The van der Waals surface area contributed by atoms with Gasteiger partial charge in [0.2, 0.25) is 5.91 Å². The molecular weight excluding hydrogens is 378 g/mol. The highest BCUT2D eigenvalue weighted by Gasteiger charge is 2.30. The fourth-order valence-electron chi connectivity index (χ4n) is 3.69. The Hall–Kier alpha value is -3.48. The van der Waals surface area contributed by atoms with Gasteiger partial charge in [-0.3, -0.25) is 19.7 Å². The van der Waals surface area contributed by atoms with Crippen molar-refractivity contribution in [3.63, 3.8) is 0 Å². The summed E-state index contributed by atoms with van der Waals surface area (Å²) in [5.74, 6) is -0.426. The van der Waals surface area contributed by atoms with Gasteiger partial charge in [-0.25, -0.2) is 0 Å². The number of hydrogen-bond acceptors (Lipinski definition) is 4. The highest BCUT2D eigenvalue weighted by molar-refractivity contribution is 5.95. The van der Waals surface area contributed by atoms with Crippen LogP contribution in [0.15, 0.2) is 48.7 Å². The molecule has 2 N–H and O–H groups in total. The Kier molecular flexibility index (Phi) is 5.61. The maximum Gasteiger partial charge on any atom is 0.271 e. The first kappa shape index (κ1) is 19.8. The molecular formula is C23H25N5O2. The summed E-state index contributed by atoms with van der Waals surface area (Å²) in [4.78, 5) is 31.7. The molecule has 30 heavy (non-hydrogen) atoms. The molecule has 1 aliphatic heterocycles. The molecule has 0 radical (unpaired) electrons. The molecule has 7 nitrogen and oxygen atoms in total. The predicted molar refractivity (Wildman–Crippen MR) is 115 cm³/mol. The third-order valence-corrected chi connectivity index (χ3v) is 5.59. The fourth-order valence-corrected chi connectivity index (χ4v) is 3.69. The van der Waals surface area contributed by atoms with Crippen LogP contribution in [0.4, 0.5) is 5.69 Å². The number of benzene rings is 1. The van der Waals surface area contributed by atoms with E-state index in [1.807, 2.05) is 50.2 Å². The van der Waals surface area contributed by atoms with Gasteiger partial charge in [0.05, 0.1) is 11.6 Å². The Morgan fingerprint density at radius 3 is 2.73 bits per heavy atom. The SMILES string of the molecule is Cc1ccc(NC(=O)[C@@H]2CCCN(C(=O)c3cc(-c4ccccn4)n[nH]3)C2)cc1C. The van der Waals surface area contributed by atoms with Crippen molar-refractivity contribution in [3.05, 3.63) is 65.5 Å². The summed E-state index contributed by atoms with van der Waals surface area (Å²) < 4.78 is 0. The molecule has 0 unspecified atom stereocenters. The number of aromatic amines is 1. The minimum atomic E-state index is -0.234. The van der Waals surface area contributed by atoms with Gasteiger partial charge < -0.3 is 10.2 Å². The third kappa shape index (κ3) is 4.25. The van der Waals surface area contributed by atoms with Gasteiger partial charge in [-0.2, -0.15) is 5.10 Å². The molecule has 0 saturated carbocycles. The van der Waals surface area contributed by atoms with Gasteiger partial charge >= 0.3 is 0 Å². The lowest BCUT2D eigenvalue weighted by molar-refractivity contribution is -0.121. The van der Waals surface area contributed by atoms with E-state index < -0.39 is 0 Å². The topological polar surface area (TPSA) is 91.0 Å². The Balaban J connectivity index is 1.42. The number of nitrogens with zero attached hydrogens (tertiary/aromatic N) is 3. The number of H-pyrrole nitrogens is 1. The van der Waals surface area contributed by atoms with E-state index in [1.165, 1.54) is 5.56 Å². The zero-order chi connectivity index (χ0) is 21.1. The monoisotopic (exact) mass is 403 g/mol. The summed E-state index contributed by atoms with van der Waals surface area (Å²) in [6.45, 7) is 5.09. The van der Waals surface area contributed by atoms with Crippen molar-refractivity contribution < 1.29 is 9.59 Å². The second-order valence-corrected chi connectivity index (χ2v) is 7.76. The Morgan fingerprint density at radius 2 is 1.97 bits per heavy atom. The van der Waals surface area contributed by atoms with Gasteiger partial charge in [-0.05, 0) is 68.1 Å². The summed E-state index contributed by atoms with van der Waals surface area (Å²) in [7, 11) is 0. The van der Waals surface area contributed by atoms with E-state index in [4.69, 9.17) is 0 Å². The Bertz CT molecular complexity index is 1060. The number of anilines is 1. The van der Waals surface area contributed by atoms with Crippen LogP contribution in [0, 0.1) is 19.8 Å². The quantitative estimate of drug-likeness (QED) is 0.697. The van der Waals surface area contributed by atoms with Gasteiger partial charge in [0.1, 0.15) is 11.4 Å². The first-order valence-corrected chi connectivity index (χ1v) is 10.2. The first-order chi connectivity index (χ1) is 14.5. The molecule has 1 fully saturated rings. The molecule has 1 aromatic carbocycles. The van der Waals surface area contributed by atoms with Crippen LogP contribution in [0.2, 0.25) is 0 Å². The van der Waals surface area contributed by atoms with E-state index >= 15 is 0 Å². The molecule has 1 atom stereocenters. The maximum absolute atomic E-state index is 13.0. The minimum absolute atomic E-state index is 0.0467. The van der Waals surface area contributed by atoms with E-state index in [-0.39, 0.29) is 17.7 Å². The zero-order valence-electron chi connectivity index (χ0n) is 17.2. The molecule has 1 saturated heterocycles. The van der Waals surface area contributed by atoms with Crippen molar-refractivity contribution in [1.82, 2.24) is 20.1 Å². The van der Waals surface area contributed by atoms with Crippen molar-refractivity contribution in [2.75, 3.05) is 18.4 Å². The normalized spacial score (nSPS) is 16.3. The zero-order valence-corrected chi connectivity index (χ0v) is 17.2. The first-order valence-electron chi connectivity index (χ1n) is 10.2. The molecule has 3 heterocycles. The van der Waals surface area contributed by atoms with Crippen LogP contribution >= 0.6 is 0 Å². The number of aryl methyl sites for hydroxylation is 2. The van der Waals surface area contributed by atoms with Gasteiger partial charge in [-0.15, -0.1) is 0 Å². The molecule has 2 amide bonds. The average molecular weight is 403 g/mol. The number of likely N-dealkylation sites (tertiary alicyclic amines) is 1. The fraction of sp³-hybridized carbons (Fsp3) is 0.304. The summed E-state index contributed by atoms with van der Waals surface area (Å²) in [6.07, 6.45) is 3.25. The molecule has 154 valence electrons. The molecule has 1 aliphatic rings. The van der Waals surface area contributed by atoms with Crippen LogP contribution in [-0.2, 0) is 4.79 Å². The second-order valence-electron chi connectivity index (χ2n) is 7.76. The van der Waals surface area contributed by atoms with Gasteiger partial charge in [-0.1, -0.05) is 12.1 Å². The second kappa shape index (κ2) is 8.49. The molecule has 0 bridgehead atoms. The molecule has 4 rings (SSSR count). The Morgan fingerprint density at radius 1 is 1.10 bits per heavy atom. The smallest absolute Gasteiger partial charge is 0.271 e. The predicted octanol–water partition coefficient (Wildman–Crippen LogP) is 3.58. The van der Waals surface area contributed by atoms with Crippen molar-refractivity contribution >= 4 is 17.5 Å². The molecule has 3 aromatic rings. The van der Waals surface area contributed by atoms with Crippen molar-refractivity contribution in [1.29, 1.82) is 0 Å². The van der Waals surface area contributed by atoms with Crippen LogP contribution < -0.4 is 5.32 Å². The van der Waals surface area contributed by atoms with E-state index in [2.05, 4.69) is 20.5 Å². The number of hydrogen-bond donors (Lipinski definition) is 2. The van der Waals surface area contributed by atoms with Crippen LogP contribution in [0.25, 0.3) is 11.4 Å². The third-order valence-electron chi connectivity index (χ3n) is 5.59. The highest BCUT2D eigenvalue weighted by atomic mass is 16.2. The number of rotatable bonds is 4. The number of amides is 2. The summed E-state index contributed by atoms with van der Waals surface area (Å²) in [6, 6.07) is 13.2. The van der Waals surface area contributed by atoms with Crippen molar-refractivity contribution in [2.45, 2.75) is 26.7 Å². The van der Waals surface area contributed by atoms with Crippen molar-refractivity contribution in [2.24, 2.45) is 5.92 Å². The number of carbonyl (C=O) groups excluding carboxylic acids is 2. The van der Waals surface area contributed by atoms with E-state index in [0.29, 0.717) is 30.2 Å². The molecule has 0 spiro atoms. The van der Waals surface area contributed by atoms with E-state index in [0.717, 1.165) is 24.1 Å². The molecule has 7 heteroatoms. The summed E-state index contributed by atoms with van der Waals surface area (Å²) in [5, 5.41) is 10.0. The number of nitrogens with one attached hydrogen (secondary N) is 2. The number of piperidine rings is 1. The van der Waals surface area contributed by atoms with E-state index in [1.54, 1.807) is 17.2 Å². The summed E-state index contributed by atoms with van der Waals surface area (Å²) >= 11 is 0. The van der Waals surface area contributed by atoms with Crippen molar-refractivity contribution in [3.8, 4) is 11.4 Å². The number of pyridine rings is 1. The van der Waals surface area contributed by atoms with E-state index in [9.17, 15) is 9.59 Å². The molecule has 2 aromatic heterocycles. The molecule has 0 aliphatic carbocycles. The Labute approximate surface area is 175 Å². The van der Waals surface area contributed by atoms with Crippen LogP contribution in [0.3, 0.4) is 0 Å². The van der Waals surface area contributed by atoms with Crippen LogP contribution in [0.1, 0.15) is 34.5 Å². The maximum atomic E-state index is 13.0. The number of aromatic nitrogens is 3. The van der Waals surface area contributed by atoms with Gasteiger partial charge in [0, 0.05) is 25.0 Å².